The standard InChI is InChI=1S/C10H19N3S/c1-9(2)14-8-7-12(3)10-5-6-13(4)11-10/h5-6,9H,7-8H2,1-4H3. The third-order valence-corrected chi connectivity index (χ3v) is 3.05. The lowest BCUT2D eigenvalue weighted by Gasteiger charge is -2.16. The van der Waals surface area contributed by atoms with E-state index in [0.29, 0.717) is 5.25 Å². The molecule has 1 heterocycles. The molecule has 0 saturated carbocycles. The van der Waals surface area contributed by atoms with Crippen LogP contribution in [-0.2, 0) is 7.05 Å². The van der Waals surface area contributed by atoms with Crippen LogP contribution in [0.4, 0.5) is 5.82 Å². The van der Waals surface area contributed by atoms with Crippen LogP contribution in [0, 0.1) is 0 Å². The van der Waals surface area contributed by atoms with Crippen LogP contribution in [0.2, 0.25) is 0 Å². The summed E-state index contributed by atoms with van der Waals surface area (Å²) in [7, 11) is 4.03. The molecule has 1 aromatic heterocycles. The van der Waals surface area contributed by atoms with Crippen LogP contribution in [-0.4, -0.2) is 34.4 Å². The molecule has 0 aliphatic heterocycles. The number of thioether (sulfide) groups is 1. The van der Waals surface area contributed by atoms with Gasteiger partial charge in [-0.25, -0.2) is 0 Å². The number of rotatable bonds is 5. The van der Waals surface area contributed by atoms with Gasteiger partial charge in [0.2, 0.25) is 0 Å². The van der Waals surface area contributed by atoms with Crippen LogP contribution in [0.15, 0.2) is 12.3 Å². The van der Waals surface area contributed by atoms with Gasteiger partial charge >= 0.3 is 0 Å². The van der Waals surface area contributed by atoms with Gasteiger partial charge in [0.05, 0.1) is 0 Å². The second-order valence-electron chi connectivity index (χ2n) is 3.69. The molecular formula is C10H19N3S. The predicted molar refractivity (Wildman–Crippen MR) is 64.1 cm³/mol. The Morgan fingerprint density at radius 3 is 2.79 bits per heavy atom. The minimum Gasteiger partial charge on any atom is -0.357 e. The monoisotopic (exact) mass is 213 g/mol. The number of anilines is 1. The minimum atomic E-state index is 0.715. The lowest BCUT2D eigenvalue weighted by atomic mass is 10.5. The van der Waals surface area contributed by atoms with Gasteiger partial charge in [-0.05, 0) is 5.25 Å². The zero-order valence-corrected chi connectivity index (χ0v) is 10.2. The first kappa shape index (κ1) is 11.4. The van der Waals surface area contributed by atoms with Gasteiger partial charge in [0.25, 0.3) is 0 Å². The molecule has 0 spiro atoms. The summed E-state index contributed by atoms with van der Waals surface area (Å²) < 4.78 is 1.83. The molecule has 3 nitrogen and oxygen atoms in total. The molecule has 0 atom stereocenters. The summed E-state index contributed by atoms with van der Waals surface area (Å²) in [5.41, 5.74) is 0. The summed E-state index contributed by atoms with van der Waals surface area (Å²) in [6, 6.07) is 2.04. The summed E-state index contributed by atoms with van der Waals surface area (Å²) in [6.07, 6.45) is 1.97. The predicted octanol–water partition coefficient (Wildman–Crippen LogP) is 2.00. The third-order valence-electron chi connectivity index (χ3n) is 1.97. The first-order valence-corrected chi connectivity index (χ1v) is 5.97. The summed E-state index contributed by atoms with van der Waals surface area (Å²) in [5, 5.41) is 5.06. The number of aryl methyl sites for hydroxylation is 1. The topological polar surface area (TPSA) is 21.1 Å². The van der Waals surface area contributed by atoms with E-state index >= 15 is 0 Å². The van der Waals surface area contributed by atoms with E-state index in [4.69, 9.17) is 0 Å². The third kappa shape index (κ3) is 3.62. The van der Waals surface area contributed by atoms with Crippen molar-refractivity contribution in [3.63, 3.8) is 0 Å². The first-order valence-electron chi connectivity index (χ1n) is 4.92. The Labute approximate surface area is 90.5 Å². The Morgan fingerprint density at radius 1 is 1.57 bits per heavy atom. The molecule has 0 fully saturated rings. The SMILES string of the molecule is CC(C)SCCN(C)c1ccn(C)n1. The maximum atomic E-state index is 4.34. The van der Waals surface area contributed by atoms with Crippen LogP contribution >= 0.6 is 11.8 Å². The van der Waals surface area contributed by atoms with Crippen LogP contribution in [0.25, 0.3) is 0 Å². The summed E-state index contributed by atoms with van der Waals surface area (Å²) >= 11 is 1.98. The van der Waals surface area contributed by atoms with Crippen molar-refractivity contribution in [2.24, 2.45) is 7.05 Å². The fourth-order valence-electron chi connectivity index (χ4n) is 1.15. The Bertz CT molecular complexity index is 270. The van der Waals surface area contributed by atoms with Crippen LogP contribution in [0.3, 0.4) is 0 Å². The van der Waals surface area contributed by atoms with Gasteiger partial charge in [0.1, 0.15) is 5.82 Å². The Balaban J connectivity index is 2.32. The van der Waals surface area contributed by atoms with E-state index in [-0.39, 0.29) is 0 Å². The van der Waals surface area contributed by atoms with Gasteiger partial charge in [-0.15, -0.1) is 0 Å². The molecule has 0 aliphatic carbocycles. The highest BCUT2D eigenvalue weighted by Crippen LogP contribution is 2.12. The van der Waals surface area contributed by atoms with E-state index in [1.54, 1.807) is 0 Å². The summed E-state index contributed by atoms with van der Waals surface area (Å²) in [6.45, 7) is 5.51. The highest BCUT2D eigenvalue weighted by Gasteiger charge is 2.03. The number of nitrogens with zero attached hydrogens (tertiary/aromatic N) is 3. The van der Waals surface area contributed by atoms with Gasteiger partial charge in [0, 0.05) is 38.7 Å². The van der Waals surface area contributed by atoms with E-state index in [1.165, 1.54) is 0 Å². The molecule has 4 heteroatoms. The van der Waals surface area contributed by atoms with Crippen molar-refractivity contribution in [1.29, 1.82) is 0 Å². The highest BCUT2D eigenvalue weighted by atomic mass is 32.2. The Hall–Kier alpha value is -0.640. The van der Waals surface area contributed by atoms with E-state index in [0.717, 1.165) is 18.1 Å². The summed E-state index contributed by atoms with van der Waals surface area (Å²) in [5.74, 6) is 2.21. The molecule has 14 heavy (non-hydrogen) atoms. The Morgan fingerprint density at radius 2 is 2.29 bits per heavy atom. The van der Waals surface area contributed by atoms with Crippen LogP contribution < -0.4 is 4.90 Å². The van der Waals surface area contributed by atoms with E-state index < -0.39 is 0 Å². The average Bonchev–Trinajstić information content (AvgIpc) is 2.51. The fraction of sp³-hybridized carbons (Fsp3) is 0.700. The molecule has 0 N–H and O–H groups in total. The second kappa shape index (κ2) is 5.29. The maximum absolute atomic E-state index is 4.34. The zero-order valence-electron chi connectivity index (χ0n) is 9.40. The number of hydrogen-bond acceptors (Lipinski definition) is 3. The van der Waals surface area contributed by atoms with Gasteiger partial charge in [-0.2, -0.15) is 16.9 Å². The average molecular weight is 213 g/mol. The maximum Gasteiger partial charge on any atom is 0.150 e. The quantitative estimate of drug-likeness (QED) is 0.746. The number of aromatic nitrogens is 2. The van der Waals surface area contributed by atoms with Gasteiger partial charge in [0.15, 0.2) is 0 Å². The second-order valence-corrected chi connectivity index (χ2v) is 5.37. The molecule has 80 valence electrons. The number of hydrogen-bond donors (Lipinski definition) is 0. The molecular weight excluding hydrogens is 194 g/mol. The lowest BCUT2D eigenvalue weighted by Crippen LogP contribution is -2.21. The largest absolute Gasteiger partial charge is 0.357 e. The van der Waals surface area contributed by atoms with Crippen molar-refractivity contribution >= 4 is 17.6 Å². The molecule has 0 unspecified atom stereocenters. The van der Waals surface area contributed by atoms with Crippen LogP contribution in [0.5, 0.6) is 0 Å². The van der Waals surface area contributed by atoms with E-state index in [9.17, 15) is 0 Å². The fourth-order valence-corrected chi connectivity index (χ4v) is 2.00. The summed E-state index contributed by atoms with van der Waals surface area (Å²) in [4.78, 5) is 2.19. The van der Waals surface area contributed by atoms with Crippen molar-refractivity contribution in [2.45, 2.75) is 19.1 Å². The van der Waals surface area contributed by atoms with Gasteiger partial charge in [-0.3, -0.25) is 4.68 Å². The van der Waals surface area contributed by atoms with E-state index in [2.05, 4.69) is 30.9 Å². The molecule has 0 bridgehead atoms. The van der Waals surface area contributed by atoms with Crippen molar-refractivity contribution in [1.82, 2.24) is 9.78 Å². The molecule has 0 radical (unpaired) electrons. The highest BCUT2D eigenvalue weighted by molar-refractivity contribution is 7.99. The molecule has 1 rings (SSSR count). The molecule has 0 saturated heterocycles. The minimum absolute atomic E-state index is 0.715. The molecule has 0 aromatic carbocycles. The van der Waals surface area contributed by atoms with Crippen molar-refractivity contribution in [3.8, 4) is 0 Å². The smallest absolute Gasteiger partial charge is 0.150 e. The van der Waals surface area contributed by atoms with E-state index in [1.807, 2.05) is 35.8 Å². The molecule has 0 aliphatic rings. The zero-order chi connectivity index (χ0) is 10.6. The van der Waals surface area contributed by atoms with Crippen LogP contribution in [0.1, 0.15) is 13.8 Å². The first-order chi connectivity index (χ1) is 6.59. The Kier molecular flexibility index (Phi) is 4.32. The van der Waals surface area contributed by atoms with Gasteiger partial charge < -0.3 is 4.90 Å². The van der Waals surface area contributed by atoms with Gasteiger partial charge in [-0.1, -0.05) is 13.8 Å². The van der Waals surface area contributed by atoms with Crippen molar-refractivity contribution in [2.75, 3.05) is 24.2 Å². The van der Waals surface area contributed by atoms with Crippen molar-refractivity contribution in [3.05, 3.63) is 12.3 Å². The lowest BCUT2D eigenvalue weighted by molar-refractivity contribution is 0.756. The molecule has 1 aromatic rings. The van der Waals surface area contributed by atoms with Crippen molar-refractivity contribution < 1.29 is 0 Å². The molecule has 0 amide bonds. The normalized spacial score (nSPS) is 10.9.